The van der Waals surface area contributed by atoms with Crippen LogP contribution in [0.4, 0.5) is 0 Å². The Labute approximate surface area is 125 Å². The van der Waals surface area contributed by atoms with E-state index in [1.165, 1.54) is 11.3 Å². The monoisotopic (exact) mass is 293 g/mol. The first kappa shape index (κ1) is 16.7. The van der Waals surface area contributed by atoms with Crippen molar-refractivity contribution in [1.82, 2.24) is 10.2 Å². The molecule has 1 atom stereocenters. The van der Waals surface area contributed by atoms with Crippen LogP contribution in [-0.4, -0.2) is 43.5 Å². The van der Waals surface area contributed by atoms with E-state index in [0.717, 1.165) is 17.8 Å². The van der Waals surface area contributed by atoms with Crippen molar-refractivity contribution in [3.8, 4) is 11.8 Å². The number of rotatable bonds is 6. The lowest BCUT2D eigenvalue weighted by atomic mass is 10.2. The van der Waals surface area contributed by atoms with Gasteiger partial charge in [-0.3, -0.25) is 4.79 Å². The van der Waals surface area contributed by atoms with E-state index in [1.807, 2.05) is 5.38 Å². The zero-order valence-electron chi connectivity index (χ0n) is 12.4. The number of hydrogen-bond donors (Lipinski definition) is 2. The third-order valence-electron chi connectivity index (χ3n) is 3.27. The molecule has 1 aromatic heterocycles. The number of thiophene rings is 1. The Bertz CT molecular complexity index is 487. The fraction of sp³-hybridized carbons (Fsp3) is 0.533. The molecule has 0 aliphatic heterocycles. The maximum Gasteiger partial charge on any atom is 0.252 e. The Morgan fingerprint density at radius 1 is 1.60 bits per heavy atom. The van der Waals surface area contributed by atoms with Crippen molar-refractivity contribution in [2.75, 3.05) is 26.7 Å². The molecular formula is C15H23N3OS. The van der Waals surface area contributed by atoms with Crippen LogP contribution in [0, 0.1) is 11.8 Å². The number of amides is 1. The standard InChI is InChI=1S/C15H23N3OS/c1-4-12(2)18(3)9-8-17-15(19)13-10-14(20-11-13)6-5-7-16/h10-12H,4,7-9,16H2,1-3H3,(H,17,19). The second-order valence-electron chi connectivity index (χ2n) is 4.70. The van der Waals surface area contributed by atoms with E-state index in [9.17, 15) is 4.79 Å². The van der Waals surface area contributed by atoms with Crippen molar-refractivity contribution in [2.24, 2.45) is 5.73 Å². The van der Waals surface area contributed by atoms with Gasteiger partial charge in [0.05, 0.1) is 17.0 Å². The van der Waals surface area contributed by atoms with Crippen molar-refractivity contribution in [1.29, 1.82) is 0 Å². The molecule has 1 rings (SSSR count). The van der Waals surface area contributed by atoms with Gasteiger partial charge in [0.2, 0.25) is 0 Å². The molecule has 0 radical (unpaired) electrons. The zero-order valence-corrected chi connectivity index (χ0v) is 13.2. The van der Waals surface area contributed by atoms with Crippen molar-refractivity contribution in [2.45, 2.75) is 26.3 Å². The van der Waals surface area contributed by atoms with Gasteiger partial charge in [-0.05, 0) is 26.5 Å². The smallest absolute Gasteiger partial charge is 0.252 e. The van der Waals surface area contributed by atoms with Gasteiger partial charge in [-0.15, -0.1) is 11.3 Å². The van der Waals surface area contributed by atoms with Gasteiger partial charge in [0.1, 0.15) is 0 Å². The van der Waals surface area contributed by atoms with E-state index in [0.29, 0.717) is 24.7 Å². The average Bonchev–Trinajstić information content (AvgIpc) is 2.92. The lowest BCUT2D eigenvalue weighted by Crippen LogP contribution is -2.36. The van der Waals surface area contributed by atoms with Crippen LogP contribution < -0.4 is 11.1 Å². The minimum atomic E-state index is -0.0420. The molecule has 0 aromatic carbocycles. The first-order valence-electron chi connectivity index (χ1n) is 6.84. The summed E-state index contributed by atoms with van der Waals surface area (Å²) >= 11 is 1.47. The molecule has 3 N–H and O–H groups in total. The van der Waals surface area contributed by atoms with E-state index < -0.39 is 0 Å². The Kier molecular flexibility index (Phi) is 7.31. The molecule has 4 nitrogen and oxygen atoms in total. The predicted molar refractivity (Wildman–Crippen MR) is 85.0 cm³/mol. The maximum absolute atomic E-state index is 12.0. The summed E-state index contributed by atoms with van der Waals surface area (Å²) in [6.07, 6.45) is 1.11. The highest BCUT2D eigenvalue weighted by Crippen LogP contribution is 2.13. The zero-order chi connectivity index (χ0) is 15.0. The lowest BCUT2D eigenvalue weighted by molar-refractivity contribution is 0.0948. The number of hydrogen-bond acceptors (Lipinski definition) is 4. The molecule has 0 saturated heterocycles. The fourth-order valence-corrected chi connectivity index (χ4v) is 2.39. The van der Waals surface area contributed by atoms with Crippen LogP contribution in [0.2, 0.25) is 0 Å². The second-order valence-corrected chi connectivity index (χ2v) is 5.61. The number of carbonyl (C=O) groups is 1. The van der Waals surface area contributed by atoms with Gasteiger partial charge in [-0.2, -0.15) is 0 Å². The molecule has 110 valence electrons. The molecule has 1 heterocycles. The highest BCUT2D eigenvalue weighted by molar-refractivity contribution is 7.10. The van der Waals surface area contributed by atoms with E-state index >= 15 is 0 Å². The van der Waals surface area contributed by atoms with E-state index in [4.69, 9.17) is 5.73 Å². The maximum atomic E-state index is 12.0. The Morgan fingerprint density at radius 3 is 3.00 bits per heavy atom. The van der Waals surface area contributed by atoms with Crippen LogP contribution in [0.25, 0.3) is 0 Å². The number of nitrogens with two attached hydrogens (primary N) is 1. The van der Waals surface area contributed by atoms with Crippen LogP contribution in [0.5, 0.6) is 0 Å². The van der Waals surface area contributed by atoms with Gasteiger partial charge in [0, 0.05) is 24.5 Å². The first-order chi connectivity index (χ1) is 9.58. The van der Waals surface area contributed by atoms with Crippen LogP contribution in [-0.2, 0) is 0 Å². The van der Waals surface area contributed by atoms with Crippen LogP contribution in [0.15, 0.2) is 11.4 Å². The molecule has 0 saturated carbocycles. The van der Waals surface area contributed by atoms with Gasteiger partial charge in [0.15, 0.2) is 0 Å². The molecule has 1 amide bonds. The Hall–Kier alpha value is -1.35. The summed E-state index contributed by atoms with van der Waals surface area (Å²) in [6.45, 7) is 6.18. The summed E-state index contributed by atoms with van der Waals surface area (Å²) in [5.41, 5.74) is 5.99. The Morgan fingerprint density at radius 2 is 2.35 bits per heavy atom. The van der Waals surface area contributed by atoms with Crippen LogP contribution in [0.3, 0.4) is 0 Å². The third kappa shape index (κ3) is 5.33. The minimum Gasteiger partial charge on any atom is -0.351 e. The largest absolute Gasteiger partial charge is 0.351 e. The fourth-order valence-electron chi connectivity index (χ4n) is 1.64. The van der Waals surface area contributed by atoms with Gasteiger partial charge in [-0.25, -0.2) is 0 Å². The van der Waals surface area contributed by atoms with E-state index in [1.54, 1.807) is 6.07 Å². The number of carbonyl (C=O) groups excluding carboxylic acids is 1. The van der Waals surface area contributed by atoms with Crippen molar-refractivity contribution in [3.05, 3.63) is 21.9 Å². The molecular weight excluding hydrogens is 270 g/mol. The Balaban J connectivity index is 2.41. The summed E-state index contributed by atoms with van der Waals surface area (Å²) in [5.74, 6) is 5.67. The summed E-state index contributed by atoms with van der Waals surface area (Å²) in [6, 6.07) is 2.34. The minimum absolute atomic E-state index is 0.0420. The molecule has 20 heavy (non-hydrogen) atoms. The number of likely N-dealkylation sites (N-methyl/N-ethyl adjacent to an activating group) is 1. The summed E-state index contributed by atoms with van der Waals surface area (Å²) in [5, 5.41) is 4.76. The highest BCUT2D eigenvalue weighted by Gasteiger charge is 2.09. The quantitative estimate of drug-likeness (QED) is 0.782. The molecule has 0 bridgehead atoms. The highest BCUT2D eigenvalue weighted by atomic mass is 32.1. The van der Waals surface area contributed by atoms with Gasteiger partial charge in [0.25, 0.3) is 5.91 Å². The second kappa shape index (κ2) is 8.75. The summed E-state index contributed by atoms with van der Waals surface area (Å²) in [4.78, 5) is 15.1. The topological polar surface area (TPSA) is 58.4 Å². The first-order valence-corrected chi connectivity index (χ1v) is 7.72. The van der Waals surface area contributed by atoms with Crippen molar-refractivity contribution >= 4 is 17.2 Å². The molecule has 1 unspecified atom stereocenters. The van der Waals surface area contributed by atoms with E-state index in [2.05, 4.69) is 43.0 Å². The van der Waals surface area contributed by atoms with Gasteiger partial charge < -0.3 is 16.0 Å². The molecule has 0 aliphatic carbocycles. The van der Waals surface area contributed by atoms with Gasteiger partial charge in [-0.1, -0.05) is 18.8 Å². The summed E-state index contributed by atoms with van der Waals surface area (Å²) in [7, 11) is 2.07. The molecule has 0 aliphatic rings. The average molecular weight is 293 g/mol. The van der Waals surface area contributed by atoms with Gasteiger partial charge >= 0.3 is 0 Å². The number of nitrogens with one attached hydrogen (secondary N) is 1. The molecule has 5 heteroatoms. The molecule has 0 fully saturated rings. The van der Waals surface area contributed by atoms with Crippen molar-refractivity contribution in [3.63, 3.8) is 0 Å². The van der Waals surface area contributed by atoms with Crippen LogP contribution >= 0.6 is 11.3 Å². The predicted octanol–water partition coefficient (Wildman–Crippen LogP) is 1.52. The van der Waals surface area contributed by atoms with Crippen molar-refractivity contribution < 1.29 is 4.79 Å². The third-order valence-corrected chi connectivity index (χ3v) is 4.11. The molecule has 0 spiro atoms. The normalized spacial score (nSPS) is 11.8. The number of nitrogens with zero attached hydrogens (tertiary/aromatic N) is 1. The molecule has 1 aromatic rings. The SMILES string of the molecule is CCC(C)N(C)CCNC(=O)c1csc(C#CCN)c1. The van der Waals surface area contributed by atoms with Crippen LogP contribution in [0.1, 0.15) is 35.5 Å². The summed E-state index contributed by atoms with van der Waals surface area (Å²) < 4.78 is 0. The van der Waals surface area contributed by atoms with E-state index in [-0.39, 0.29) is 5.91 Å². The lowest BCUT2D eigenvalue weighted by Gasteiger charge is -2.23.